The lowest BCUT2D eigenvalue weighted by Crippen LogP contribution is -2.41. The van der Waals surface area contributed by atoms with Gasteiger partial charge in [0.05, 0.1) is 6.61 Å². The highest BCUT2D eigenvalue weighted by Gasteiger charge is 2.59. The van der Waals surface area contributed by atoms with E-state index in [0.717, 1.165) is 12.3 Å². The van der Waals surface area contributed by atoms with Gasteiger partial charge in [-0.15, -0.1) is 12.4 Å². The molecule has 3 atom stereocenters. The molecule has 4 N–H and O–H groups in total. The molecule has 1 saturated heterocycles. The van der Waals surface area contributed by atoms with Gasteiger partial charge in [-0.2, -0.15) is 13.8 Å². The SMILES string of the molecule is Cl.Nc1cc[15n]([C@H]2O[C@H](CO)[C@@H](O)C2(F)F)[13c](=O)[15n]1. The van der Waals surface area contributed by atoms with Gasteiger partial charge in [-0.1, -0.05) is 0 Å². The van der Waals surface area contributed by atoms with Crippen LogP contribution in [0.5, 0.6) is 0 Å². The van der Waals surface area contributed by atoms with E-state index in [1.54, 1.807) is 0 Å². The topological polar surface area (TPSA) is 111 Å². The highest BCUT2D eigenvalue weighted by atomic mass is 35.5. The molecular formula is C9H12ClF2N3O4. The van der Waals surface area contributed by atoms with Crippen LogP contribution in [0.3, 0.4) is 0 Å². The van der Waals surface area contributed by atoms with E-state index in [1.165, 1.54) is 0 Å². The lowest BCUT2D eigenvalue weighted by Gasteiger charge is -2.20. The molecule has 10 heteroatoms. The normalized spacial score (nSPS) is 28.9. The molecule has 1 aromatic rings. The van der Waals surface area contributed by atoms with Crippen molar-refractivity contribution in [2.45, 2.75) is 24.4 Å². The lowest BCUT2D eigenvalue weighted by molar-refractivity contribution is -0.140. The van der Waals surface area contributed by atoms with Gasteiger partial charge in [0.1, 0.15) is 11.9 Å². The summed E-state index contributed by atoms with van der Waals surface area (Å²) in [6, 6.07) is 1.15. The molecule has 19 heavy (non-hydrogen) atoms. The number of nitrogens with zero attached hydrogens (tertiary/aromatic N) is 2. The van der Waals surface area contributed by atoms with Gasteiger partial charge in [0.25, 0.3) is 0 Å². The third kappa shape index (κ3) is 2.54. The van der Waals surface area contributed by atoms with Gasteiger partial charge in [-0.3, -0.25) is 4.57 Å². The molecule has 0 saturated carbocycles. The Labute approximate surface area is 112 Å². The molecule has 1 aromatic heterocycles. The van der Waals surface area contributed by atoms with Crippen LogP contribution in [0.2, 0.25) is 0 Å². The molecule has 0 amide bonds. The Morgan fingerprint density at radius 1 is 1.58 bits per heavy atom. The van der Waals surface area contributed by atoms with E-state index in [9.17, 15) is 18.7 Å². The fourth-order valence-corrected chi connectivity index (χ4v) is 1.72. The van der Waals surface area contributed by atoms with Crippen molar-refractivity contribution in [1.82, 2.24) is 9.55 Å². The smallest absolute Gasteiger partial charge is 0.351 e. The lowest BCUT2D eigenvalue weighted by atomic mass is 10.1. The second-order valence-electron chi connectivity index (χ2n) is 3.87. The number of nitrogen functional groups attached to an aromatic ring is 1. The molecule has 108 valence electrons. The summed E-state index contributed by atoms with van der Waals surface area (Å²) in [5, 5.41) is 18.1. The zero-order valence-corrected chi connectivity index (χ0v) is 10.3. The minimum absolute atomic E-state index is 0. The largest absolute Gasteiger partial charge is 0.394 e. The van der Waals surface area contributed by atoms with Crippen molar-refractivity contribution in [1.29, 1.82) is 0 Å². The Morgan fingerprint density at radius 2 is 2.21 bits per heavy atom. The fourth-order valence-electron chi connectivity index (χ4n) is 1.72. The number of hydrogen-bond acceptors (Lipinski definition) is 6. The van der Waals surface area contributed by atoms with Crippen LogP contribution in [0.25, 0.3) is 0 Å². The van der Waals surface area contributed by atoms with Crippen molar-refractivity contribution in [3.8, 4) is 0 Å². The van der Waals surface area contributed by atoms with Gasteiger partial charge in [0.2, 0.25) is 6.23 Å². The van der Waals surface area contributed by atoms with Crippen LogP contribution >= 0.6 is 12.4 Å². The van der Waals surface area contributed by atoms with Crippen molar-refractivity contribution in [3.05, 3.63) is 22.7 Å². The highest BCUT2D eigenvalue weighted by molar-refractivity contribution is 5.85. The van der Waals surface area contributed by atoms with Gasteiger partial charge in [-0.25, -0.2) is 4.79 Å². The number of rotatable bonds is 2. The Morgan fingerprint density at radius 3 is 2.68 bits per heavy atom. The van der Waals surface area contributed by atoms with Gasteiger partial charge in [0.15, 0.2) is 6.10 Å². The molecule has 1 aliphatic rings. The molecule has 7 nitrogen and oxygen atoms in total. The second-order valence-corrected chi connectivity index (χ2v) is 3.87. The average molecular weight is 303 g/mol. The summed E-state index contributed by atoms with van der Waals surface area (Å²) < 4.78 is 32.7. The van der Waals surface area contributed by atoms with E-state index in [0.29, 0.717) is 4.57 Å². The summed E-state index contributed by atoms with van der Waals surface area (Å²) in [5.41, 5.74) is 4.21. The predicted octanol–water partition coefficient (Wildman–Crippen LogP) is -0.867. The number of aromatic nitrogens is 2. The number of nitrogens with two attached hydrogens (primary N) is 1. The van der Waals surface area contributed by atoms with Crippen LogP contribution in [0, 0.1) is 0 Å². The van der Waals surface area contributed by atoms with Gasteiger partial charge >= 0.3 is 11.6 Å². The summed E-state index contributed by atoms with van der Waals surface area (Å²) in [7, 11) is 0. The molecule has 1 fully saturated rings. The van der Waals surface area contributed by atoms with Crippen molar-refractivity contribution in [2.24, 2.45) is 0 Å². The minimum Gasteiger partial charge on any atom is -0.394 e. The molecule has 0 aliphatic carbocycles. The van der Waals surface area contributed by atoms with Crippen molar-refractivity contribution < 1.29 is 23.7 Å². The van der Waals surface area contributed by atoms with Crippen molar-refractivity contribution >= 4 is 18.2 Å². The number of ether oxygens (including phenoxy) is 1. The van der Waals surface area contributed by atoms with Crippen LogP contribution < -0.4 is 11.4 Å². The molecular weight excluding hydrogens is 291 g/mol. The summed E-state index contributed by atoms with van der Waals surface area (Å²) in [4.78, 5) is 14.7. The van der Waals surface area contributed by atoms with Crippen molar-refractivity contribution in [2.75, 3.05) is 12.3 Å². The second kappa shape index (κ2) is 5.37. The van der Waals surface area contributed by atoms with Crippen LogP contribution in [0.15, 0.2) is 17.1 Å². The average Bonchev–Trinajstić information content (AvgIpc) is 2.52. The van der Waals surface area contributed by atoms with Crippen molar-refractivity contribution in [3.63, 3.8) is 0 Å². The summed E-state index contributed by atoms with van der Waals surface area (Å²) in [5.74, 6) is -3.83. The maximum Gasteiger partial charge on any atom is 0.351 e. The molecule has 0 spiro atoms. The van der Waals surface area contributed by atoms with E-state index < -0.39 is 36.7 Å². The predicted molar refractivity (Wildman–Crippen MR) is 62.1 cm³/mol. The first-order valence-corrected chi connectivity index (χ1v) is 5.04. The Kier molecular flexibility index (Phi) is 4.46. The van der Waals surface area contributed by atoms with E-state index in [2.05, 4.69) is 4.98 Å². The van der Waals surface area contributed by atoms with Gasteiger partial charge in [-0.05, 0) is 6.07 Å². The number of halogens is 3. The number of alkyl halides is 2. The fraction of sp³-hybridized carbons (Fsp3) is 0.556. The highest BCUT2D eigenvalue weighted by Crippen LogP contribution is 2.41. The van der Waals surface area contributed by atoms with E-state index in [1.807, 2.05) is 0 Å². The number of aliphatic hydroxyl groups is 2. The molecule has 0 unspecified atom stereocenters. The van der Waals surface area contributed by atoms with Crippen LogP contribution in [-0.2, 0) is 4.74 Å². The first-order valence-electron chi connectivity index (χ1n) is 5.04. The number of hydrogen-bond donors (Lipinski definition) is 3. The maximum atomic E-state index is 13.7. The zero-order chi connectivity index (χ0) is 13.5. The van der Waals surface area contributed by atoms with Gasteiger partial charge in [0, 0.05) is 6.20 Å². The minimum atomic E-state index is -3.71. The van der Waals surface area contributed by atoms with Crippen LogP contribution in [-0.4, -0.2) is 44.5 Å². The Bertz CT molecular complexity index is 512. The van der Waals surface area contributed by atoms with E-state index in [-0.39, 0.29) is 18.2 Å². The zero-order valence-electron chi connectivity index (χ0n) is 9.44. The molecule has 2 heterocycles. The maximum absolute atomic E-state index is 13.7. The first-order chi connectivity index (χ1) is 8.37. The Balaban J connectivity index is 0.00000180. The third-order valence-electron chi connectivity index (χ3n) is 2.66. The van der Waals surface area contributed by atoms with E-state index in [4.69, 9.17) is 15.6 Å². The Hall–Kier alpha value is -1.29. The third-order valence-corrected chi connectivity index (χ3v) is 2.66. The summed E-state index contributed by atoms with van der Waals surface area (Å²) in [6.07, 6.45) is -4.69. The molecule has 0 aromatic carbocycles. The van der Waals surface area contributed by atoms with E-state index >= 15 is 0 Å². The first kappa shape index (κ1) is 15.8. The van der Waals surface area contributed by atoms with Crippen LogP contribution in [0.1, 0.15) is 6.23 Å². The molecule has 2 rings (SSSR count). The quantitative estimate of drug-likeness (QED) is 0.655. The summed E-state index contributed by atoms with van der Waals surface area (Å²) >= 11 is 0. The van der Waals surface area contributed by atoms with Gasteiger partial charge < -0.3 is 20.7 Å². The summed E-state index contributed by atoms with van der Waals surface area (Å²) in [6.45, 7) is -0.787. The van der Waals surface area contributed by atoms with Crippen LogP contribution in [0.4, 0.5) is 14.6 Å². The molecule has 0 bridgehead atoms. The standard InChI is InChI=1S/C9H11F2N3O4.ClH/c10-9(11)6(16)4(3-15)18-7(9)14-2-1-5(12)13-8(14)17;/h1-2,4,6-7,15-16H,3H2,(H2,12,13,17);1H/t4-,6-,7+;/m1./s1/i8+1,13+1,14+1;. The number of aliphatic hydroxyl groups excluding tert-OH is 2. The monoisotopic (exact) mass is 302 g/mol. The molecule has 0 radical (unpaired) electrons. The molecule has 1 aliphatic heterocycles. The number of anilines is 1.